The highest BCUT2D eigenvalue weighted by atomic mass is 16.7. The monoisotopic (exact) mass is 312 g/mol. The molecule has 11 heteroatoms. The van der Waals surface area contributed by atoms with Crippen LogP contribution in [0.25, 0.3) is 0 Å². The Kier molecular flexibility index (Phi) is 4.28. The molecule has 0 aliphatic carbocycles. The number of nitro benzene ring substituents is 1. The van der Waals surface area contributed by atoms with Crippen molar-refractivity contribution in [3.05, 3.63) is 49.7 Å². The summed E-state index contributed by atoms with van der Waals surface area (Å²) in [6.45, 7) is 0.517. The summed E-state index contributed by atoms with van der Waals surface area (Å²) in [4.78, 5) is 20.3. The van der Waals surface area contributed by atoms with Crippen LogP contribution < -0.4 is 0 Å². The number of hydrogen-bond donors (Lipinski definition) is 0. The fourth-order valence-corrected chi connectivity index (χ4v) is 1.74. The molecule has 1 aliphatic rings. The number of ether oxygens (including phenoxy) is 2. The predicted octanol–water partition coefficient (Wildman–Crippen LogP) is 1.55. The largest absolute Gasteiger partial charge is 0.594 e. The first-order valence-corrected chi connectivity index (χ1v) is 6.16. The SMILES string of the molecule is CC1OCC([N+](=O)[O-])([N+]([O-])=Nc2cccc([N+](=O)[O-])c2)CO1. The van der Waals surface area contributed by atoms with Crippen LogP contribution in [-0.2, 0) is 9.47 Å². The average molecular weight is 312 g/mol. The number of hydrogen-bond acceptors (Lipinski definition) is 8. The van der Waals surface area contributed by atoms with Gasteiger partial charge >= 0.3 is 5.66 Å². The van der Waals surface area contributed by atoms with Crippen molar-refractivity contribution in [3.63, 3.8) is 0 Å². The Balaban J connectivity index is 2.35. The molecule has 0 radical (unpaired) electrons. The Hall–Kier alpha value is -2.66. The molecule has 1 fully saturated rings. The van der Waals surface area contributed by atoms with Gasteiger partial charge in [-0.1, -0.05) is 6.07 Å². The minimum Gasteiger partial charge on any atom is -0.594 e. The van der Waals surface area contributed by atoms with Gasteiger partial charge in [0.15, 0.2) is 19.5 Å². The molecule has 0 unspecified atom stereocenters. The van der Waals surface area contributed by atoms with Crippen molar-refractivity contribution >= 4 is 11.4 Å². The zero-order valence-corrected chi connectivity index (χ0v) is 11.4. The molecule has 0 amide bonds. The van der Waals surface area contributed by atoms with Gasteiger partial charge < -0.3 is 14.7 Å². The lowest BCUT2D eigenvalue weighted by atomic mass is 10.2. The summed E-state index contributed by atoms with van der Waals surface area (Å²) in [6.07, 6.45) is -0.667. The van der Waals surface area contributed by atoms with Crippen molar-refractivity contribution in [2.24, 2.45) is 5.11 Å². The molecule has 1 aliphatic heterocycles. The van der Waals surface area contributed by atoms with E-state index in [2.05, 4.69) is 5.11 Å². The van der Waals surface area contributed by atoms with E-state index >= 15 is 0 Å². The van der Waals surface area contributed by atoms with E-state index in [1.54, 1.807) is 0 Å². The topological polar surface area (TPSA) is 143 Å². The smallest absolute Gasteiger partial charge is 0.484 e. The summed E-state index contributed by atoms with van der Waals surface area (Å²) in [6, 6.07) is 4.88. The van der Waals surface area contributed by atoms with Crippen LogP contribution in [-0.4, -0.2) is 39.9 Å². The van der Waals surface area contributed by atoms with Gasteiger partial charge in [0.2, 0.25) is 0 Å². The Bertz CT molecular complexity index is 625. The summed E-state index contributed by atoms with van der Waals surface area (Å²) in [5.41, 5.74) is -2.59. The van der Waals surface area contributed by atoms with Crippen LogP contribution in [0.5, 0.6) is 0 Å². The van der Waals surface area contributed by atoms with E-state index in [0.717, 1.165) is 6.07 Å². The van der Waals surface area contributed by atoms with E-state index < -0.39 is 35.0 Å². The Morgan fingerprint density at radius 3 is 2.41 bits per heavy atom. The summed E-state index contributed by atoms with van der Waals surface area (Å²) >= 11 is 0. The molecule has 11 nitrogen and oxygen atoms in total. The molecule has 0 spiro atoms. The van der Waals surface area contributed by atoms with Crippen LogP contribution in [0.4, 0.5) is 11.4 Å². The first-order valence-electron chi connectivity index (χ1n) is 6.16. The van der Waals surface area contributed by atoms with Crippen LogP contribution in [0.15, 0.2) is 29.4 Å². The molecule has 118 valence electrons. The third-order valence-corrected chi connectivity index (χ3v) is 3.04. The van der Waals surface area contributed by atoms with Crippen LogP contribution >= 0.6 is 0 Å². The van der Waals surface area contributed by atoms with Crippen molar-refractivity contribution in [1.29, 1.82) is 0 Å². The average Bonchev–Trinajstić information content (AvgIpc) is 2.48. The molecule has 0 bridgehead atoms. The number of azo groups is 1. The van der Waals surface area contributed by atoms with Crippen LogP contribution in [0.3, 0.4) is 0 Å². The summed E-state index contributed by atoms with van der Waals surface area (Å²) in [7, 11) is 0. The number of nitro groups is 2. The van der Waals surface area contributed by atoms with Crippen molar-refractivity contribution in [3.8, 4) is 0 Å². The Morgan fingerprint density at radius 2 is 1.86 bits per heavy atom. The number of benzene rings is 1. The first-order chi connectivity index (χ1) is 10.3. The fraction of sp³-hybridized carbons (Fsp3) is 0.455. The van der Waals surface area contributed by atoms with E-state index in [9.17, 15) is 25.4 Å². The molecule has 1 saturated heterocycles. The van der Waals surface area contributed by atoms with Gasteiger partial charge in [0, 0.05) is 17.2 Å². The molecule has 1 aromatic carbocycles. The standard InChI is InChI=1S/C11H12N4O7/c1-8-21-6-11(7-22-8,15(19)20)14(18)12-9-3-2-4-10(5-9)13(16)17/h2-5,8H,6-7H2,1H3. The quantitative estimate of drug-likeness (QED) is 0.270. The highest BCUT2D eigenvalue weighted by Gasteiger charge is 2.58. The molecule has 1 aromatic rings. The van der Waals surface area contributed by atoms with Crippen LogP contribution in [0.1, 0.15) is 6.92 Å². The van der Waals surface area contributed by atoms with Crippen LogP contribution in [0.2, 0.25) is 0 Å². The minimum atomic E-state index is -2.23. The van der Waals surface area contributed by atoms with Gasteiger partial charge in [-0.15, -0.1) is 0 Å². The zero-order valence-electron chi connectivity index (χ0n) is 11.4. The van der Waals surface area contributed by atoms with E-state index in [1.807, 2.05) is 0 Å². The highest BCUT2D eigenvalue weighted by molar-refractivity contribution is 5.45. The van der Waals surface area contributed by atoms with E-state index in [1.165, 1.54) is 25.1 Å². The second kappa shape index (κ2) is 5.99. The molecule has 0 saturated carbocycles. The molecule has 0 aromatic heterocycles. The Morgan fingerprint density at radius 1 is 1.23 bits per heavy atom. The highest BCUT2D eigenvalue weighted by Crippen LogP contribution is 2.25. The molecule has 0 N–H and O–H groups in total. The van der Waals surface area contributed by atoms with Gasteiger partial charge in [0.1, 0.15) is 10.6 Å². The zero-order chi connectivity index (χ0) is 16.3. The number of rotatable bonds is 4. The number of nitrogens with zero attached hydrogens (tertiary/aromatic N) is 4. The van der Waals surface area contributed by atoms with Crippen LogP contribution in [0, 0.1) is 25.4 Å². The predicted molar refractivity (Wildman–Crippen MR) is 69.9 cm³/mol. The summed E-state index contributed by atoms with van der Waals surface area (Å²) in [5, 5.41) is 37.5. The lowest BCUT2D eigenvalue weighted by molar-refractivity contribution is -0.823. The lowest BCUT2D eigenvalue weighted by Gasteiger charge is -2.28. The van der Waals surface area contributed by atoms with Crippen molar-refractivity contribution < 1.29 is 24.2 Å². The number of non-ortho nitro benzene ring substituents is 1. The maximum Gasteiger partial charge on any atom is 0.484 e. The van der Waals surface area contributed by atoms with Crippen molar-refractivity contribution in [1.82, 2.24) is 0 Å². The molecule has 0 atom stereocenters. The normalized spacial score (nSPS) is 25.7. The van der Waals surface area contributed by atoms with Gasteiger partial charge in [-0.05, 0) is 17.9 Å². The van der Waals surface area contributed by atoms with Crippen molar-refractivity contribution in [2.75, 3.05) is 13.2 Å². The maximum absolute atomic E-state index is 12.1. The minimum absolute atomic E-state index is 0.0796. The molecule has 22 heavy (non-hydrogen) atoms. The maximum atomic E-state index is 12.1. The molecular weight excluding hydrogens is 300 g/mol. The molecular formula is C11H12N4O7. The third kappa shape index (κ3) is 2.99. The Labute approximate surface area is 123 Å². The van der Waals surface area contributed by atoms with Gasteiger partial charge in [-0.2, -0.15) is 0 Å². The summed E-state index contributed by atoms with van der Waals surface area (Å²) in [5.74, 6) is 0. The number of hydroxylamine groups is 1. The second-order valence-electron chi connectivity index (χ2n) is 4.58. The van der Waals surface area contributed by atoms with Gasteiger partial charge in [0.05, 0.1) is 4.92 Å². The molecule has 2 rings (SSSR count). The molecule has 1 heterocycles. The van der Waals surface area contributed by atoms with Gasteiger partial charge in [0.25, 0.3) is 5.69 Å². The van der Waals surface area contributed by atoms with Crippen molar-refractivity contribution in [2.45, 2.75) is 18.9 Å². The third-order valence-electron chi connectivity index (χ3n) is 3.04. The lowest BCUT2D eigenvalue weighted by Crippen LogP contribution is -2.58. The fourth-order valence-electron chi connectivity index (χ4n) is 1.74. The summed E-state index contributed by atoms with van der Waals surface area (Å²) < 4.78 is 10.0. The van der Waals surface area contributed by atoms with E-state index in [4.69, 9.17) is 9.47 Å². The second-order valence-corrected chi connectivity index (χ2v) is 4.58. The van der Waals surface area contributed by atoms with E-state index in [-0.39, 0.29) is 16.2 Å². The van der Waals surface area contributed by atoms with E-state index in [0.29, 0.717) is 0 Å². The van der Waals surface area contributed by atoms with Gasteiger partial charge in [-0.25, -0.2) is 0 Å². The first kappa shape index (κ1) is 15.7. The van der Waals surface area contributed by atoms with Gasteiger partial charge in [-0.3, -0.25) is 20.2 Å².